The highest BCUT2D eigenvalue weighted by Gasteiger charge is 2.39. The number of rotatable bonds is 4. The fraction of sp³-hybridized carbons (Fsp3) is 0.111. The third-order valence-corrected chi connectivity index (χ3v) is 5.72. The second-order valence-electron chi connectivity index (χ2n) is 5.61. The molecule has 3 heterocycles. The lowest BCUT2D eigenvalue weighted by Crippen LogP contribution is -2.27. The first-order chi connectivity index (χ1) is 12.2. The van der Waals surface area contributed by atoms with E-state index in [1.54, 1.807) is 60.9 Å². The van der Waals surface area contributed by atoms with E-state index in [4.69, 9.17) is 4.42 Å². The molecular weight excluding hydrogens is 338 g/mol. The summed E-state index contributed by atoms with van der Waals surface area (Å²) in [4.78, 5) is 4.29. The number of hydrogen-bond donors (Lipinski definition) is 0. The molecule has 0 N–H and O–H groups in total. The quantitative estimate of drug-likeness (QED) is 0.722. The van der Waals surface area contributed by atoms with Crippen molar-refractivity contribution in [1.82, 2.24) is 9.40 Å². The lowest BCUT2D eigenvalue weighted by molar-refractivity contribution is 0.320. The van der Waals surface area contributed by atoms with Crippen molar-refractivity contribution in [3.63, 3.8) is 0 Å². The van der Waals surface area contributed by atoms with Crippen LogP contribution in [-0.4, -0.2) is 23.5 Å². The summed E-state index contributed by atoms with van der Waals surface area (Å²) in [7, 11) is -3.79. The molecule has 0 saturated heterocycles. The lowest BCUT2D eigenvalue weighted by atomic mass is 10.0. The van der Waals surface area contributed by atoms with E-state index in [1.807, 2.05) is 6.07 Å². The van der Waals surface area contributed by atoms with Crippen molar-refractivity contribution >= 4 is 15.7 Å². The number of hydrazone groups is 1. The van der Waals surface area contributed by atoms with Crippen LogP contribution in [0.25, 0.3) is 0 Å². The van der Waals surface area contributed by atoms with Gasteiger partial charge in [0.25, 0.3) is 10.0 Å². The number of pyridine rings is 1. The van der Waals surface area contributed by atoms with Crippen LogP contribution in [0, 0.1) is 0 Å². The van der Waals surface area contributed by atoms with E-state index in [0.29, 0.717) is 17.9 Å². The summed E-state index contributed by atoms with van der Waals surface area (Å²) in [5, 5.41) is 4.41. The van der Waals surface area contributed by atoms with Crippen molar-refractivity contribution in [3.8, 4) is 0 Å². The molecular formula is C18H15N3O3S. The minimum atomic E-state index is -3.79. The van der Waals surface area contributed by atoms with Crippen LogP contribution in [0.3, 0.4) is 0 Å². The Morgan fingerprint density at radius 2 is 1.88 bits per heavy atom. The number of hydrogen-bond acceptors (Lipinski definition) is 5. The molecule has 6 nitrogen and oxygen atoms in total. The van der Waals surface area contributed by atoms with E-state index in [2.05, 4.69) is 10.1 Å². The summed E-state index contributed by atoms with van der Waals surface area (Å²) in [6, 6.07) is 14.9. The number of benzene rings is 1. The molecule has 4 rings (SSSR count). The minimum Gasteiger partial charge on any atom is -0.467 e. The predicted molar refractivity (Wildman–Crippen MR) is 92.3 cm³/mol. The van der Waals surface area contributed by atoms with Crippen molar-refractivity contribution < 1.29 is 12.8 Å². The third kappa shape index (κ3) is 2.83. The molecule has 0 aliphatic carbocycles. The Morgan fingerprint density at radius 3 is 2.56 bits per heavy atom. The number of nitrogens with zero attached hydrogens (tertiary/aromatic N) is 3. The maximum Gasteiger partial charge on any atom is 0.279 e. The van der Waals surface area contributed by atoms with Crippen LogP contribution in [0.5, 0.6) is 0 Å². The van der Waals surface area contributed by atoms with Crippen molar-refractivity contribution in [1.29, 1.82) is 0 Å². The van der Waals surface area contributed by atoms with Gasteiger partial charge in [0.2, 0.25) is 0 Å². The Kier molecular flexibility index (Phi) is 3.85. The summed E-state index contributed by atoms with van der Waals surface area (Å²) in [5.74, 6) is 0.558. The van der Waals surface area contributed by atoms with Gasteiger partial charge in [-0.3, -0.25) is 4.98 Å². The van der Waals surface area contributed by atoms with Gasteiger partial charge in [-0.15, -0.1) is 0 Å². The largest absolute Gasteiger partial charge is 0.467 e. The Bertz CT molecular complexity index is 985. The van der Waals surface area contributed by atoms with E-state index in [1.165, 1.54) is 6.26 Å². The molecule has 0 unspecified atom stereocenters. The van der Waals surface area contributed by atoms with Crippen molar-refractivity contribution in [2.45, 2.75) is 17.4 Å². The first-order valence-electron chi connectivity index (χ1n) is 7.77. The first-order valence-corrected chi connectivity index (χ1v) is 9.21. The van der Waals surface area contributed by atoms with Gasteiger partial charge < -0.3 is 4.42 Å². The molecule has 0 radical (unpaired) electrons. The Hall–Kier alpha value is -2.93. The average Bonchev–Trinajstić information content (AvgIpc) is 3.33. The maximum atomic E-state index is 13.1. The zero-order valence-corrected chi connectivity index (χ0v) is 14.0. The van der Waals surface area contributed by atoms with E-state index in [-0.39, 0.29) is 4.90 Å². The monoisotopic (exact) mass is 353 g/mol. The highest BCUT2D eigenvalue weighted by molar-refractivity contribution is 7.89. The molecule has 1 aliphatic heterocycles. The fourth-order valence-electron chi connectivity index (χ4n) is 2.81. The molecule has 0 fully saturated rings. The van der Waals surface area contributed by atoms with Gasteiger partial charge in [0.15, 0.2) is 0 Å². The molecule has 7 heteroatoms. The van der Waals surface area contributed by atoms with Crippen LogP contribution in [0.15, 0.2) is 87.7 Å². The van der Waals surface area contributed by atoms with Gasteiger partial charge in [0.05, 0.1) is 16.9 Å². The van der Waals surface area contributed by atoms with Gasteiger partial charge in [-0.1, -0.05) is 24.3 Å². The molecule has 2 aromatic heterocycles. The van der Waals surface area contributed by atoms with Gasteiger partial charge in [0, 0.05) is 24.4 Å². The van der Waals surface area contributed by atoms with Crippen LogP contribution < -0.4 is 0 Å². The maximum absolute atomic E-state index is 13.1. The van der Waals surface area contributed by atoms with Crippen LogP contribution >= 0.6 is 0 Å². The standard InChI is InChI=1S/C18H15N3O3S/c22-25(23,15-7-2-1-3-8-15)21-17(18-9-5-11-24-18)12-16(20-21)14-6-4-10-19-13-14/h1-11,13,17H,12H2/t17-/m1/s1. The minimum absolute atomic E-state index is 0.197. The average molecular weight is 353 g/mol. The summed E-state index contributed by atoms with van der Waals surface area (Å²) in [6.45, 7) is 0. The van der Waals surface area contributed by atoms with Crippen LogP contribution in [0.4, 0.5) is 0 Å². The fourth-order valence-corrected chi connectivity index (χ4v) is 4.25. The van der Waals surface area contributed by atoms with Gasteiger partial charge >= 0.3 is 0 Å². The van der Waals surface area contributed by atoms with E-state index in [0.717, 1.165) is 9.98 Å². The molecule has 3 aromatic rings. The highest BCUT2D eigenvalue weighted by Crippen LogP contribution is 2.37. The molecule has 0 bridgehead atoms. The van der Waals surface area contributed by atoms with Gasteiger partial charge in [-0.25, -0.2) is 0 Å². The number of sulfonamides is 1. The Labute approximate surface area is 145 Å². The second-order valence-corrected chi connectivity index (χ2v) is 7.41. The Balaban J connectivity index is 1.80. The molecule has 1 aliphatic rings. The smallest absolute Gasteiger partial charge is 0.279 e. The Morgan fingerprint density at radius 1 is 1.04 bits per heavy atom. The van der Waals surface area contributed by atoms with Crippen LogP contribution in [0.1, 0.15) is 23.8 Å². The molecule has 25 heavy (non-hydrogen) atoms. The van der Waals surface area contributed by atoms with E-state index < -0.39 is 16.1 Å². The SMILES string of the molecule is O=S(=O)(c1ccccc1)N1N=C(c2cccnc2)C[C@@H]1c1ccco1. The molecule has 0 spiro atoms. The van der Waals surface area contributed by atoms with E-state index >= 15 is 0 Å². The number of aromatic nitrogens is 1. The molecule has 126 valence electrons. The third-order valence-electron chi connectivity index (χ3n) is 4.03. The second kappa shape index (κ2) is 6.18. The zero-order chi connectivity index (χ0) is 17.3. The lowest BCUT2D eigenvalue weighted by Gasteiger charge is -2.21. The van der Waals surface area contributed by atoms with Gasteiger partial charge in [-0.05, 0) is 30.3 Å². The number of furan rings is 1. The normalized spacial score (nSPS) is 17.5. The summed E-state index contributed by atoms with van der Waals surface area (Å²) >= 11 is 0. The van der Waals surface area contributed by atoms with Gasteiger partial charge in [0.1, 0.15) is 11.8 Å². The molecule has 0 saturated carbocycles. The van der Waals surface area contributed by atoms with Crippen LogP contribution in [-0.2, 0) is 10.0 Å². The van der Waals surface area contributed by atoms with Crippen molar-refractivity contribution in [3.05, 3.63) is 84.6 Å². The molecule has 0 amide bonds. The summed E-state index contributed by atoms with van der Waals surface area (Å²) < 4.78 is 32.8. The van der Waals surface area contributed by atoms with Crippen molar-refractivity contribution in [2.75, 3.05) is 0 Å². The summed E-state index contributed by atoms with van der Waals surface area (Å²) in [6.07, 6.45) is 5.30. The topological polar surface area (TPSA) is 75.8 Å². The van der Waals surface area contributed by atoms with Crippen molar-refractivity contribution in [2.24, 2.45) is 5.10 Å². The zero-order valence-electron chi connectivity index (χ0n) is 13.2. The summed E-state index contributed by atoms with van der Waals surface area (Å²) in [5.41, 5.74) is 1.46. The predicted octanol–water partition coefficient (Wildman–Crippen LogP) is 3.21. The highest BCUT2D eigenvalue weighted by atomic mass is 32.2. The van der Waals surface area contributed by atoms with Gasteiger partial charge in [-0.2, -0.15) is 17.9 Å². The first kappa shape index (κ1) is 15.6. The van der Waals surface area contributed by atoms with Crippen LogP contribution in [0.2, 0.25) is 0 Å². The molecule has 1 aromatic carbocycles. The van der Waals surface area contributed by atoms with E-state index in [9.17, 15) is 8.42 Å². The molecule has 1 atom stereocenters.